The van der Waals surface area contributed by atoms with Crippen molar-refractivity contribution in [3.05, 3.63) is 102 Å². The molecule has 0 aromatic heterocycles. The molecule has 0 spiro atoms. The Morgan fingerprint density at radius 1 is 0.828 bits per heavy atom. The van der Waals surface area contributed by atoms with Crippen molar-refractivity contribution in [1.82, 2.24) is 5.43 Å². The molecule has 3 rings (SSSR count). The van der Waals surface area contributed by atoms with E-state index in [0.717, 1.165) is 11.1 Å². The molecule has 29 heavy (non-hydrogen) atoms. The molecule has 3 aromatic carbocycles. The average Bonchev–Trinajstić information content (AvgIpc) is 2.76. The van der Waals surface area contributed by atoms with Crippen molar-refractivity contribution < 1.29 is 13.2 Å². The lowest BCUT2D eigenvalue weighted by Gasteiger charge is -2.08. The van der Waals surface area contributed by atoms with Crippen molar-refractivity contribution in [3.63, 3.8) is 0 Å². The first-order valence-corrected chi connectivity index (χ1v) is 10.9. The van der Waals surface area contributed by atoms with Gasteiger partial charge in [-0.3, -0.25) is 4.79 Å². The Morgan fingerprint density at radius 2 is 1.34 bits per heavy atom. The van der Waals surface area contributed by atoms with Crippen LogP contribution in [0.5, 0.6) is 0 Å². The van der Waals surface area contributed by atoms with Crippen LogP contribution in [0.25, 0.3) is 0 Å². The van der Waals surface area contributed by atoms with E-state index in [9.17, 15) is 13.2 Å². The summed E-state index contributed by atoms with van der Waals surface area (Å²) in [6.45, 7) is 1.60. The largest absolute Gasteiger partial charge is 0.273 e. The lowest BCUT2D eigenvalue weighted by Crippen LogP contribution is -2.22. The lowest BCUT2D eigenvalue weighted by molar-refractivity contribution is -0.120. The Balaban J connectivity index is 1.75. The van der Waals surface area contributed by atoms with Gasteiger partial charge >= 0.3 is 0 Å². The number of sulfone groups is 1. The van der Waals surface area contributed by atoms with Crippen LogP contribution in [0.3, 0.4) is 0 Å². The van der Waals surface area contributed by atoms with Crippen LogP contribution in [0.1, 0.15) is 23.6 Å². The third-order valence-electron chi connectivity index (χ3n) is 4.41. The molecule has 0 radical (unpaired) electrons. The second-order valence-electron chi connectivity index (χ2n) is 6.45. The average molecular weight is 407 g/mol. The zero-order valence-corrected chi connectivity index (χ0v) is 16.9. The maximum atomic E-state index is 12.4. The van der Waals surface area contributed by atoms with Gasteiger partial charge in [-0.15, -0.1) is 0 Å². The minimum absolute atomic E-state index is 0.0449. The van der Waals surface area contributed by atoms with Gasteiger partial charge in [0.25, 0.3) is 0 Å². The van der Waals surface area contributed by atoms with E-state index in [1.54, 1.807) is 19.1 Å². The number of hydrogen-bond acceptors (Lipinski definition) is 4. The normalized spacial score (nSPS) is 10.9. The van der Waals surface area contributed by atoms with Gasteiger partial charge in [-0.1, -0.05) is 79.7 Å². The fourth-order valence-corrected chi connectivity index (χ4v) is 3.70. The van der Waals surface area contributed by atoms with E-state index in [4.69, 9.17) is 0 Å². The molecule has 1 N–H and O–H groups in total. The summed E-state index contributed by atoms with van der Waals surface area (Å²) in [5, 5.41) is 4.35. The van der Waals surface area contributed by atoms with Crippen LogP contribution in [-0.4, -0.2) is 25.8 Å². The predicted octanol–water partition coefficient (Wildman–Crippen LogP) is 3.59. The van der Waals surface area contributed by atoms with Gasteiger partial charge in [0.15, 0.2) is 9.84 Å². The van der Waals surface area contributed by atoms with Gasteiger partial charge < -0.3 is 0 Å². The SMILES string of the molecule is CCS(=O)(=O)c1ccc(CC(=O)NN=C(c2ccccc2)c2ccccc2)cc1. The summed E-state index contributed by atoms with van der Waals surface area (Å²) < 4.78 is 23.8. The molecule has 0 fully saturated rings. The molecule has 148 valence electrons. The van der Waals surface area contributed by atoms with Crippen molar-refractivity contribution >= 4 is 21.5 Å². The highest BCUT2D eigenvalue weighted by Crippen LogP contribution is 2.13. The van der Waals surface area contributed by atoms with Crippen LogP contribution >= 0.6 is 0 Å². The van der Waals surface area contributed by atoms with Gasteiger partial charge in [0.2, 0.25) is 5.91 Å². The number of hydrogen-bond donors (Lipinski definition) is 1. The molecular formula is C23H22N2O3S. The third-order valence-corrected chi connectivity index (χ3v) is 6.16. The topological polar surface area (TPSA) is 75.6 Å². The maximum Gasteiger partial charge on any atom is 0.244 e. The smallest absolute Gasteiger partial charge is 0.244 e. The second-order valence-corrected chi connectivity index (χ2v) is 8.73. The molecule has 3 aromatic rings. The summed E-state index contributed by atoms with van der Waals surface area (Å²) in [5.74, 6) is -0.232. The maximum absolute atomic E-state index is 12.4. The highest BCUT2D eigenvalue weighted by molar-refractivity contribution is 7.91. The first kappa shape index (κ1) is 20.5. The molecule has 0 heterocycles. The number of carbonyl (C=O) groups excluding carboxylic acids is 1. The molecule has 5 nitrogen and oxygen atoms in total. The number of benzene rings is 3. The van der Waals surface area contributed by atoms with E-state index in [-0.39, 0.29) is 23.0 Å². The van der Waals surface area contributed by atoms with Crippen molar-refractivity contribution in [1.29, 1.82) is 0 Å². The summed E-state index contributed by atoms with van der Waals surface area (Å²) in [4.78, 5) is 12.6. The summed E-state index contributed by atoms with van der Waals surface area (Å²) in [5.41, 5.74) is 5.79. The van der Waals surface area contributed by atoms with Gasteiger partial charge in [-0.25, -0.2) is 13.8 Å². The van der Waals surface area contributed by atoms with E-state index in [1.807, 2.05) is 60.7 Å². The van der Waals surface area contributed by atoms with Gasteiger partial charge in [0.1, 0.15) is 0 Å². The van der Waals surface area contributed by atoms with Crippen molar-refractivity contribution in [2.45, 2.75) is 18.2 Å². The monoisotopic (exact) mass is 406 g/mol. The third kappa shape index (κ3) is 5.39. The highest BCUT2D eigenvalue weighted by atomic mass is 32.2. The molecule has 1 amide bonds. The summed E-state index contributed by atoms with van der Waals surface area (Å²) in [6, 6.07) is 25.6. The predicted molar refractivity (Wildman–Crippen MR) is 115 cm³/mol. The summed E-state index contributed by atoms with van der Waals surface area (Å²) in [7, 11) is -3.25. The summed E-state index contributed by atoms with van der Waals surface area (Å²) in [6.07, 6.45) is 0.104. The van der Waals surface area contributed by atoms with E-state index < -0.39 is 9.84 Å². The Hall–Kier alpha value is -3.25. The Morgan fingerprint density at radius 3 is 1.83 bits per heavy atom. The van der Waals surface area contributed by atoms with E-state index >= 15 is 0 Å². The molecule has 0 unspecified atom stereocenters. The van der Waals surface area contributed by atoms with Crippen LogP contribution in [0.4, 0.5) is 0 Å². The second kappa shape index (κ2) is 9.30. The first-order valence-electron chi connectivity index (χ1n) is 9.28. The van der Waals surface area contributed by atoms with Crippen LogP contribution in [0.15, 0.2) is 94.9 Å². The number of nitrogens with one attached hydrogen (secondary N) is 1. The molecular weight excluding hydrogens is 384 g/mol. The minimum Gasteiger partial charge on any atom is -0.273 e. The lowest BCUT2D eigenvalue weighted by atomic mass is 10.0. The van der Waals surface area contributed by atoms with Gasteiger partial charge in [0, 0.05) is 11.1 Å². The molecule has 0 saturated heterocycles. The first-order chi connectivity index (χ1) is 14.0. The molecule has 0 aliphatic carbocycles. The van der Waals surface area contributed by atoms with Crippen LogP contribution in [0, 0.1) is 0 Å². The van der Waals surface area contributed by atoms with Crippen molar-refractivity contribution in [2.24, 2.45) is 5.10 Å². The summed E-state index contributed by atoms with van der Waals surface area (Å²) >= 11 is 0. The molecule has 0 saturated carbocycles. The number of amides is 1. The fourth-order valence-electron chi connectivity index (χ4n) is 2.81. The zero-order valence-electron chi connectivity index (χ0n) is 16.1. The van der Waals surface area contributed by atoms with E-state index in [2.05, 4.69) is 10.5 Å². The molecule has 0 aliphatic rings. The van der Waals surface area contributed by atoms with Crippen LogP contribution in [0.2, 0.25) is 0 Å². The zero-order chi connectivity index (χ0) is 20.7. The van der Waals surface area contributed by atoms with E-state index in [0.29, 0.717) is 11.3 Å². The highest BCUT2D eigenvalue weighted by Gasteiger charge is 2.12. The van der Waals surface area contributed by atoms with Crippen molar-refractivity contribution in [3.8, 4) is 0 Å². The van der Waals surface area contributed by atoms with Gasteiger partial charge in [0.05, 0.1) is 22.8 Å². The number of hydrazone groups is 1. The quantitative estimate of drug-likeness (QED) is 0.481. The fraction of sp³-hybridized carbons (Fsp3) is 0.130. The molecule has 0 aliphatic heterocycles. The minimum atomic E-state index is -3.25. The van der Waals surface area contributed by atoms with Crippen LogP contribution < -0.4 is 5.43 Å². The van der Waals surface area contributed by atoms with Gasteiger partial charge in [-0.05, 0) is 17.7 Å². The molecule has 6 heteroatoms. The standard InChI is InChI=1S/C23H22N2O3S/c1-2-29(27,28)21-15-13-18(14-16-21)17-22(26)24-25-23(19-9-5-3-6-10-19)20-11-7-4-8-12-20/h3-16H,2,17H2,1H3,(H,24,26). The Labute approximate surface area is 171 Å². The molecule has 0 bridgehead atoms. The number of nitrogens with zero attached hydrogens (tertiary/aromatic N) is 1. The van der Waals surface area contributed by atoms with Crippen LogP contribution in [-0.2, 0) is 21.1 Å². The Bertz CT molecular complexity index is 1050. The number of rotatable bonds is 7. The van der Waals surface area contributed by atoms with E-state index in [1.165, 1.54) is 12.1 Å². The van der Waals surface area contributed by atoms with Gasteiger partial charge in [-0.2, -0.15) is 5.10 Å². The molecule has 0 atom stereocenters. The van der Waals surface area contributed by atoms with Crippen molar-refractivity contribution in [2.75, 3.05) is 5.75 Å². The Kier molecular flexibility index (Phi) is 6.57. The number of carbonyl (C=O) groups is 1.